The van der Waals surface area contributed by atoms with E-state index in [0.29, 0.717) is 17.7 Å². The molecule has 130 valence electrons. The summed E-state index contributed by atoms with van der Waals surface area (Å²) in [6.45, 7) is 0.568. The van der Waals surface area contributed by atoms with Crippen LogP contribution in [0.25, 0.3) is 10.9 Å². The first-order valence-electron chi connectivity index (χ1n) is 8.05. The molecule has 7 heteroatoms. The Bertz CT molecular complexity index is 1150. The monoisotopic (exact) mass is 364 g/mol. The summed E-state index contributed by atoms with van der Waals surface area (Å²) in [6.07, 6.45) is 5.16. The number of nitrogens with zero attached hydrogens (tertiary/aromatic N) is 3. The van der Waals surface area contributed by atoms with E-state index < -0.39 is 10.0 Å². The van der Waals surface area contributed by atoms with Crippen LogP contribution in [0.2, 0.25) is 0 Å². The summed E-state index contributed by atoms with van der Waals surface area (Å²) < 4.78 is 30.2. The van der Waals surface area contributed by atoms with Crippen molar-refractivity contribution in [3.05, 3.63) is 84.8 Å². The fourth-order valence-corrected chi connectivity index (χ4v) is 4.05. The van der Waals surface area contributed by atoms with Crippen molar-refractivity contribution in [3.8, 4) is 0 Å². The number of hydrogen-bond donors (Lipinski definition) is 1. The van der Waals surface area contributed by atoms with Crippen LogP contribution < -0.4 is 4.72 Å². The van der Waals surface area contributed by atoms with Crippen LogP contribution in [0.5, 0.6) is 0 Å². The van der Waals surface area contributed by atoms with Crippen LogP contribution in [0.4, 0.5) is 5.69 Å². The third-order valence-corrected chi connectivity index (χ3v) is 5.38. The first-order valence-corrected chi connectivity index (χ1v) is 9.53. The van der Waals surface area contributed by atoms with Gasteiger partial charge in [0.05, 0.1) is 12.1 Å². The van der Waals surface area contributed by atoms with Gasteiger partial charge in [-0.3, -0.25) is 14.4 Å². The Morgan fingerprint density at radius 1 is 0.962 bits per heavy atom. The van der Waals surface area contributed by atoms with Crippen LogP contribution in [0.3, 0.4) is 0 Å². The van der Waals surface area contributed by atoms with Gasteiger partial charge in [-0.25, -0.2) is 8.42 Å². The standard InChI is InChI=1S/C19H16N4O2S/c24-26(25,18-9-2-6-16-7-3-10-20-19(16)18)22-17-8-1-5-15(13-17)14-23-12-4-11-21-23/h1-13,22H,14H2. The smallest absolute Gasteiger partial charge is 0.264 e. The summed E-state index contributed by atoms with van der Waals surface area (Å²) in [5.74, 6) is 0. The SMILES string of the molecule is O=S(=O)(Nc1cccc(Cn2cccn2)c1)c1cccc2cccnc12. The summed E-state index contributed by atoms with van der Waals surface area (Å²) >= 11 is 0. The van der Waals surface area contributed by atoms with Crippen molar-refractivity contribution in [2.75, 3.05) is 4.72 Å². The van der Waals surface area contributed by atoms with E-state index in [1.54, 1.807) is 47.4 Å². The van der Waals surface area contributed by atoms with Crippen molar-refractivity contribution in [2.24, 2.45) is 0 Å². The van der Waals surface area contributed by atoms with Gasteiger partial charge in [0.15, 0.2) is 0 Å². The second-order valence-corrected chi connectivity index (χ2v) is 7.49. The number of fused-ring (bicyclic) bond motifs is 1. The van der Waals surface area contributed by atoms with Crippen LogP contribution in [-0.2, 0) is 16.6 Å². The highest BCUT2D eigenvalue weighted by Gasteiger charge is 2.18. The topological polar surface area (TPSA) is 76.9 Å². The molecule has 0 aliphatic rings. The normalized spacial score (nSPS) is 11.5. The third-order valence-electron chi connectivity index (χ3n) is 3.97. The third kappa shape index (κ3) is 3.29. The molecule has 0 atom stereocenters. The lowest BCUT2D eigenvalue weighted by Crippen LogP contribution is -2.14. The quantitative estimate of drug-likeness (QED) is 0.590. The average molecular weight is 364 g/mol. The Morgan fingerprint density at radius 3 is 2.65 bits per heavy atom. The minimum atomic E-state index is -3.75. The van der Waals surface area contributed by atoms with Crippen molar-refractivity contribution in [3.63, 3.8) is 0 Å². The number of para-hydroxylation sites is 1. The maximum atomic E-state index is 12.9. The fraction of sp³-hybridized carbons (Fsp3) is 0.0526. The molecule has 2 aromatic heterocycles. The highest BCUT2D eigenvalue weighted by atomic mass is 32.2. The second kappa shape index (κ2) is 6.61. The lowest BCUT2D eigenvalue weighted by molar-refractivity contribution is 0.602. The first kappa shape index (κ1) is 16.3. The summed E-state index contributed by atoms with van der Waals surface area (Å²) in [5, 5.41) is 4.95. The van der Waals surface area contributed by atoms with Gasteiger partial charge < -0.3 is 0 Å². The Labute approximate surface area is 151 Å². The maximum Gasteiger partial charge on any atom is 0.264 e. The predicted octanol–water partition coefficient (Wildman–Crippen LogP) is 3.28. The van der Waals surface area contributed by atoms with E-state index >= 15 is 0 Å². The molecule has 0 saturated heterocycles. The van der Waals surface area contributed by atoms with Crippen LogP contribution in [0.15, 0.2) is 84.1 Å². The van der Waals surface area contributed by atoms with Crippen molar-refractivity contribution in [1.29, 1.82) is 0 Å². The van der Waals surface area contributed by atoms with Gasteiger partial charge in [-0.1, -0.05) is 30.3 Å². The van der Waals surface area contributed by atoms with Crippen molar-refractivity contribution < 1.29 is 8.42 Å². The molecule has 1 N–H and O–H groups in total. The van der Waals surface area contributed by atoms with Gasteiger partial charge in [0, 0.05) is 29.7 Å². The number of aromatic nitrogens is 3. The number of anilines is 1. The molecule has 0 spiro atoms. The predicted molar refractivity (Wildman–Crippen MR) is 100 cm³/mol. The van der Waals surface area contributed by atoms with E-state index in [-0.39, 0.29) is 4.90 Å². The van der Waals surface area contributed by atoms with E-state index in [1.807, 2.05) is 36.5 Å². The van der Waals surface area contributed by atoms with E-state index in [0.717, 1.165) is 10.9 Å². The minimum Gasteiger partial charge on any atom is -0.280 e. The molecule has 2 aromatic carbocycles. The summed E-state index contributed by atoms with van der Waals surface area (Å²) in [5.41, 5.74) is 1.91. The number of sulfonamides is 1. The highest BCUT2D eigenvalue weighted by Crippen LogP contribution is 2.23. The molecular formula is C19H16N4O2S. The molecule has 0 aliphatic heterocycles. The van der Waals surface area contributed by atoms with Gasteiger partial charge in [0.1, 0.15) is 4.90 Å². The summed E-state index contributed by atoms with van der Waals surface area (Å²) in [6, 6.07) is 17.9. The van der Waals surface area contributed by atoms with E-state index in [9.17, 15) is 8.42 Å². The molecule has 0 amide bonds. The number of nitrogens with one attached hydrogen (secondary N) is 1. The molecule has 0 bridgehead atoms. The van der Waals surface area contributed by atoms with Gasteiger partial charge in [-0.2, -0.15) is 5.10 Å². The van der Waals surface area contributed by atoms with Crippen molar-refractivity contribution in [1.82, 2.24) is 14.8 Å². The average Bonchev–Trinajstić information content (AvgIpc) is 3.14. The maximum absolute atomic E-state index is 12.9. The van der Waals surface area contributed by atoms with Gasteiger partial charge in [-0.05, 0) is 35.9 Å². The molecule has 26 heavy (non-hydrogen) atoms. The Morgan fingerprint density at radius 2 is 1.81 bits per heavy atom. The highest BCUT2D eigenvalue weighted by molar-refractivity contribution is 7.93. The summed E-state index contributed by atoms with van der Waals surface area (Å²) in [4.78, 5) is 4.39. The van der Waals surface area contributed by atoms with Crippen LogP contribution in [-0.4, -0.2) is 23.2 Å². The molecule has 0 radical (unpaired) electrons. The lowest BCUT2D eigenvalue weighted by Gasteiger charge is -2.11. The second-order valence-electron chi connectivity index (χ2n) is 5.84. The number of hydrogen-bond acceptors (Lipinski definition) is 4. The molecule has 0 aliphatic carbocycles. The van der Waals surface area contributed by atoms with Gasteiger partial charge in [0.2, 0.25) is 0 Å². The molecule has 0 unspecified atom stereocenters. The van der Waals surface area contributed by atoms with Crippen LogP contribution in [0, 0.1) is 0 Å². The molecule has 0 saturated carbocycles. The Balaban J connectivity index is 1.65. The number of rotatable bonds is 5. The molecule has 6 nitrogen and oxygen atoms in total. The molecule has 2 heterocycles. The zero-order chi connectivity index (χ0) is 18.0. The van der Waals surface area contributed by atoms with E-state index in [2.05, 4.69) is 14.8 Å². The zero-order valence-electron chi connectivity index (χ0n) is 13.8. The fourth-order valence-electron chi connectivity index (χ4n) is 2.82. The Kier molecular flexibility index (Phi) is 4.14. The van der Waals surface area contributed by atoms with Crippen LogP contribution in [0.1, 0.15) is 5.56 Å². The van der Waals surface area contributed by atoms with Crippen molar-refractivity contribution in [2.45, 2.75) is 11.4 Å². The minimum absolute atomic E-state index is 0.160. The molecule has 4 rings (SSSR count). The van der Waals surface area contributed by atoms with Gasteiger partial charge in [-0.15, -0.1) is 0 Å². The molecule has 4 aromatic rings. The summed E-state index contributed by atoms with van der Waals surface area (Å²) in [7, 11) is -3.75. The van der Waals surface area contributed by atoms with Gasteiger partial charge in [0.25, 0.3) is 10.0 Å². The van der Waals surface area contributed by atoms with Crippen molar-refractivity contribution >= 4 is 26.6 Å². The molecular weight excluding hydrogens is 348 g/mol. The van der Waals surface area contributed by atoms with E-state index in [1.165, 1.54) is 0 Å². The first-order chi connectivity index (χ1) is 12.6. The number of pyridine rings is 1. The Hall–Kier alpha value is -3.19. The number of benzene rings is 2. The van der Waals surface area contributed by atoms with E-state index in [4.69, 9.17) is 0 Å². The van der Waals surface area contributed by atoms with Gasteiger partial charge >= 0.3 is 0 Å². The molecule has 0 fully saturated rings. The zero-order valence-corrected chi connectivity index (χ0v) is 14.6. The largest absolute Gasteiger partial charge is 0.280 e. The lowest BCUT2D eigenvalue weighted by atomic mass is 10.2. The van der Waals surface area contributed by atoms with Crippen LogP contribution >= 0.6 is 0 Å².